The van der Waals surface area contributed by atoms with Crippen molar-refractivity contribution in [1.29, 1.82) is 0 Å². The molecule has 2 N–H and O–H groups in total. The first-order valence-corrected chi connectivity index (χ1v) is 11.0. The summed E-state index contributed by atoms with van der Waals surface area (Å²) >= 11 is 0. The smallest absolute Gasteiger partial charge is 0.0456 e. The topological polar surface area (TPSA) is 45.7 Å². The van der Waals surface area contributed by atoms with Crippen LogP contribution in [0.5, 0.6) is 0 Å². The fraction of sp³-hybridized carbons (Fsp3) is 0.652. The summed E-state index contributed by atoms with van der Waals surface area (Å²) in [5, 5.41) is 11.0. The maximum atomic E-state index is 9.66. The minimum Gasteiger partial charge on any atom is -0.396 e. The van der Waals surface area contributed by atoms with Crippen molar-refractivity contribution in [2.24, 2.45) is 0 Å². The predicted molar refractivity (Wildman–Crippen MR) is 116 cm³/mol. The Hall–Kier alpha value is -1.40. The van der Waals surface area contributed by atoms with Gasteiger partial charge in [0.05, 0.1) is 0 Å². The van der Waals surface area contributed by atoms with Crippen molar-refractivity contribution >= 4 is 10.9 Å². The van der Waals surface area contributed by atoms with Crippen LogP contribution in [0.4, 0.5) is 0 Å². The van der Waals surface area contributed by atoms with Gasteiger partial charge in [0.15, 0.2) is 0 Å². The van der Waals surface area contributed by atoms with Crippen LogP contribution in [-0.4, -0.2) is 82.2 Å². The Morgan fingerprint density at radius 3 is 2.61 bits per heavy atom. The number of hydrogen-bond acceptors (Lipinski definition) is 4. The van der Waals surface area contributed by atoms with Crippen LogP contribution in [0.3, 0.4) is 0 Å². The molecule has 0 saturated carbocycles. The Morgan fingerprint density at radius 2 is 1.89 bits per heavy atom. The predicted octanol–water partition coefficient (Wildman–Crippen LogP) is 2.91. The molecule has 1 aromatic heterocycles. The van der Waals surface area contributed by atoms with Gasteiger partial charge in [-0.25, -0.2) is 0 Å². The van der Waals surface area contributed by atoms with Crippen LogP contribution in [0.15, 0.2) is 30.3 Å². The Morgan fingerprint density at radius 1 is 1.11 bits per heavy atom. The summed E-state index contributed by atoms with van der Waals surface area (Å²) < 4.78 is 0. The van der Waals surface area contributed by atoms with Crippen LogP contribution >= 0.6 is 0 Å². The lowest BCUT2D eigenvalue weighted by atomic mass is 9.97. The summed E-state index contributed by atoms with van der Waals surface area (Å²) in [5.41, 5.74) is 2.52. The normalized spacial score (nSPS) is 23.8. The fourth-order valence-corrected chi connectivity index (χ4v) is 5.16. The van der Waals surface area contributed by atoms with Gasteiger partial charge in [-0.15, -0.1) is 0 Å². The summed E-state index contributed by atoms with van der Waals surface area (Å²) in [7, 11) is 0. The Bertz CT molecular complexity index is 717. The van der Waals surface area contributed by atoms with Crippen LogP contribution in [0.2, 0.25) is 0 Å². The first-order chi connectivity index (χ1) is 13.6. The number of nitrogens with one attached hydrogen (secondary N) is 1. The Kier molecular flexibility index (Phi) is 6.36. The van der Waals surface area contributed by atoms with Gasteiger partial charge in [0, 0.05) is 62.1 Å². The highest BCUT2D eigenvalue weighted by Gasteiger charge is 2.33. The molecule has 3 heterocycles. The van der Waals surface area contributed by atoms with Gasteiger partial charge in [-0.2, -0.15) is 0 Å². The molecular formula is C23H36N4O. The highest BCUT2D eigenvalue weighted by molar-refractivity contribution is 5.80. The number of likely N-dealkylation sites (tertiary alicyclic amines) is 1. The summed E-state index contributed by atoms with van der Waals surface area (Å²) in [5.74, 6) is 0. The van der Waals surface area contributed by atoms with Gasteiger partial charge >= 0.3 is 0 Å². The summed E-state index contributed by atoms with van der Waals surface area (Å²) in [4.78, 5) is 11.4. The minimum absolute atomic E-state index is 0.284. The molecule has 2 fully saturated rings. The molecule has 0 amide bonds. The van der Waals surface area contributed by atoms with E-state index in [4.69, 9.17) is 0 Å². The van der Waals surface area contributed by atoms with Crippen LogP contribution < -0.4 is 0 Å². The number of piperidine rings is 1. The van der Waals surface area contributed by atoms with Gasteiger partial charge in [-0.05, 0) is 63.7 Å². The molecule has 0 unspecified atom stereocenters. The number of para-hydroxylation sites is 1. The number of piperazine rings is 1. The van der Waals surface area contributed by atoms with Gasteiger partial charge in [0.1, 0.15) is 0 Å². The van der Waals surface area contributed by atoms with Crippen LogP contribution in [0.1, 0.15) is 38.8 Å². The third-order valence-corrected chi connectivity index (χ3v) is 6.75. The molecule has 4 rings (SSSR count). The molecule has 0 bridgehead atoms. The molecule has 0 radical (unpaired) electrons. The number of aliphatic hydroxyl groups is 1. The van der Waals surface area contributed by atoms with E-state index in [1.165, 1.54) is 42.5 Å². The second-order valence-electron chi connectivity index (χ2n) is 8.88. The second-order valence-corrected chi connectivity index (χ2v) is 8.88. The highest BCUT2D eigenvalue weighted by atomic mass is 16.3. The zero-order valence-corrected chi connectivity index (χ0v) is 17.5. The van der Waals surface area contributed by atoms with Crippen molar-refractivity contribution in [2.75, 3.05) is 39.3 Å². The van der Waals surface area contributed by atoms with E-state index < -0.39 is 0 Å². The van der Waals surface area contributed by atoms with Gasteiger partial charge in [0.2, 0.25) is 0 Å². The molecule has 0 spiro atoms. The molecule has 1 aromatic carbocycles. The Labute approximate surface area is 169 Å². The van der Waals surface area contributed by atoms with Crippen molar-refractivity contribution in [2.45, 2.75) is 57.8 Å². The monoisotopic (exact) mass is 384 g/mol. The number of fused-ring (bicyclic) bond motifs is 1. The van der Waals surface area contributed by atoms with E-state index in [0.29, 0.717) is 18.1 Å². The molecule has 2 aliphatic heterocycles. The zero-order valence-electron chi connectivity index (χ0n) is 17.5. The SMILES string of the molecule is CC(C)N1CCC(N2CCN(Cc3cc4ccccc4[nH]3)C[C@H]2CCO)CC1. The molecule has 5 heteroatoms. The van der Waals surface area contributed by atoms with Gasteiger partial charge < -0.3 is 15.0 Å². The summed E-state index contributed by atoms with van der Waals surface area (Å²) in [6.45, 7) is 11.6. The molecule has 28 heavy (non-hydrogen) atoms. The lowest BCUT2D eigenvalue weighted by Crippen LogP contribution is -2.58. The number of aromatic amines is 1. The van der Waals surface area contributed by atoms with E-state index >= 15 is 0 Å². The first kappa shape index (κ1) is 19.9. The van der Waals surface area contributed by atoms with Crippen molar-refractivity contribution in [1.82, 2.24) is 19.7 Å². The lowest BCUT2D eigenvalue weighted by Gasteiger charge is -2.48. The molecule has 0 aliphatic carbocycles. The number of benzene rings is 1. The highest BCUT2D eigenvalue weighted by Crippen LogP contribution is 2.25. The van der Waals surface area contributed by atoms with Gasteiger partial charge in [-0.3, -0.25) is 9.80 Å². The minimum atomic E-state index is 0.284. The number of nitrogens with zero attached hydrogens (tertiary/aromatic N) is 3. The van der Waals surface area contributed by atoms with E-state index in [0.717, 1.165) is 32.6 Å². The molecule has 2 aromatic rings. The van der Waals surface area contributed by atoms with E-state index in [-0.39, 0.29) is 6.61 Å². The average molecular weight is 385 g/mol. The third kappa shape index (κ3) is 4.43. The van der Waals surface area contributed by atoms with E-state index in [2.05, 4.69) is 63.9 Å². The number of H-pyrrole nitrogens is 1. The van der Waals surface area contributed by atoms with Gasteiger partial charge in [-0.1, -0.05) is 18.2 Å². The van der Waals surface area contributed by atoms with E-state index in [1.54, 1.807) is 0 Å². The molecule has 2 saturated heterocycles. The van der Waals surface area contributed by atoms with Crippen molar-refractivity contribution in [3.63, 3.8) is 0 Å². The fourth-order valence-electron chi connectivity index (χ4n) is 5.16. The average Bonchev–Trinajstić information content (AvgIpc) is 3.11. The van der Waals surface area contributed by atoms with E-state index in [1.807, 2.05) is 0 Å². The molecule has 154 valence electrons. The maximum Gasteiger partial charge on any atom is 0.0456 e. The number of aromatic nitrogens is 1. The summed E-state index contributed by atoms with van der Waals surface area (Å²) in [6.07, 6.45) is 3.41. The second kappa shape index (κ2) is 8.95. The van der Waals surface area contributed by atoms with Crippen molar-refractivity contribution < 1.29 is 5.11 Å². The van der Waals surface area contributed by atoms with Crippen molar-refractivity contribution in [3.8, 4) is 0 Å². The number of hydrogen-bond donors (Lipinski definition) is 2. The standard InChI is InChI=1S/C23H36N4O/c1-18(2)26-10-7-21(8-11-26)27-13-12-25(17-22(27)9-14-28)16-20-15-19-5-3-4-6-23(19)24-20/h3-6,15,18,21-22,24,28H,7-14,16-17H2,1-2H3/t22-/m1/s1. The van der Waals surface area contributed by atoms with Crippen LogP contribution in [-0.2, 0) is 6.54 Å². The van der Waals surface area contributed by atoms with Crippen LogP contribution in [0, 0.1) is 0 Å². The molecule has 5 nitrogen and oxygen atoms in total. The molecule has 1 atom stereocenters. The maximum absolute atomic E-state index is 9.66. The number of rotatable bonds is 6. The van der Waals surface area contributed by atoms with Crippen LogP contribution in [0.25, 0.3) is 10.9 Å². The summed E-state index contributed by atoms with van der Waals surface area (Å²) in [6, 6.07) is 12.6. The van der Waals surface area contributed by atoms with E-state index in [9.17, 15) is 5.11 Å². The lowest BCUT2D eigenvalue weighted by molar-refractivity contribution is -0.000284. The van der Waals surface area contributed by atoms with Crippen molar-refractivity contribution in [3.05, 3.63) is 36.0 Å². The Balaban J connectivity index is 1.37. The van der Waals surface area contributed by atoms with Gasteiger partial charge in [0.25, 0.3) is 0 Å². The third-order valence-electron chi connectivity index (χ3n) is 6.75. The quantitative estimate of drug-likeness (QED) is 0.804. The molecular weight excluding hydrogens is 348 g/mol. The largest absolute Gasteiger partial charge is 0.396 e. The first-order valence-electron chi connectivity index (χ1n) is 11.0. The molecule has 2 aliphatic rings. The number of aliphatic hydroxyl groups excluding tert-OH is 1. The zero-order chi connectivity index (χ0) is 19.5.